The minimum absolute atomic E-state index is 0.00310. The van der Waals surface area contributed by atoms with Gasteiger partial charge in [0, 0.05) is 13.7 Å². The van der Waals surface area contributed by atoms with Crippen molar-refractivity contribution in [3.63, 3.8) is 0 Å². The van der Waals surface area contributed by atoms with Crippen LogP contribution in [0.25, 0.3) is 0 Å². The van der Waals surface area contributed by atoms with Crippen molar-refractivity contribution in [2.24, 2.45) is 0 Å². The minimum Gasteiger partial charge on any atom is -0.376 e. The van der Waals surface area contributed by atoms with Crippen LogP contribution in [0.3, 0.4) is 0 Å². The summed E-state index contributed by atoms with van der Waals surface area (Å²) in [6.07, 6.45) is 1.93. The maximum atomic E-state index is 11.0. The first-order valence-electron chi connectivity index (χ1n) is 5.52. The molecule has 1 saturated heterocycles. The smallest absolute Gasteiger partial charge is 0.329 e. The number of nitro groups is 1. The Morgan fingerprint density at radius 1 is 1.67 bits per heavy atom. The van der Waals surface area contributed by atoms with E-state index in [0.29, 0.717) is 6.61 Å². The molecule has 0 radical (unpaired) electrons. The molecule has 7 nitrogen and oxygen atoms in total. The predicted octanol–water partition coefficient (Wildman–Crippen LogP) is 1.65. The summed E-state index contributed by atoms with van der Waals surface area (Å²) in [7, 11) is 1.75. The van der Waals surface area contributed by atoms with Gasteiger partial charge in [-0.3, -0.25) is 10.1 Å². The number of ether oxygens (including phenoxy) is 1. The van der Waals surface area contributed by atoms with Gasteiger partial charge in [0.15, 0.2) is 0 Å². The Kier molecular flexibility index (Phi) is 3.63. The van der Waals surface area contributed by atoms with Crippen LogP contribution in [0.5, 0.6) is 0 Å². The normalized spacial score (nSPS) is 23.1. The highest BCUT2D eigenvalue weighted by molar-refractivity contribution is 6.28. The van der Waals surface area contributed by atoms with Gasteiger partial charge in [0.2, 0.25) is 11.1 Å². The second-order valence-corrected chi connectivity index (χ2v) is 4.49. The van der Waals surface area contributed by atoms with Gasteiger partial charge in [-0.25, -0.2) is 4.98 Å². The molecule has 0 bridgehead atoms. The second kappa shape index (κ2) is 5.03. The molecule has 0 aromatic carbocycles. The van der Waals surface area contributed by atoms with Crippen molar-refractivity contribution in [3.05, 3.63) is 21.6 Å². The lowest BCUT2D eigenvalue weighted by molar-refractivity contribution is -0.384. The summed E-state index contributed by atoms with van der Waals surface area (Å²) < 4.78 is 5.45. The quantitative estimate of drug-likeness (QED) is 0.473. The van der Waals surface area contributed by atoms with Crippen LogP contribution in [-0.4, -0.2) is 40.7 Å². The molecule has 8 heteroatoms. The molecule has 18 heavy (non-hydrogen) atoms. The SMILES string of the molecule is CC1OCCC1N(C)c1nc(Cl)ncc1[N+](=O)[O-]. The third-order valence-electron chi connectivity index (χ3n) is 3.09. The molecule has 98 valence electrons. The van der Waals surface area contributed by atoms with E-state index >= 15 is 0 Å². The minimum atomic E-state index is -0.511. The molecule has 1 aromatic heterocycles. The standard InChI is InChI=1S/C10H13ClN4O3/c1-6-7(3-4-18-6)14(2)9-8(15(16)17)5-12-10(11)13-9/h5-7H,3-4H2,1-2H3. The van der Waals surface area contributed by atoms with Crippen LogP contribution in [-0.2, 0) is 4.74 Å². The zero-order valence-electron chi connectivity index (χ0n) is 10.0. The first-order chi connectivity index (χ1) is 8.50. The van der Waals surface area contributed by atoms with Crippen molar-refractivity contribution in [2.75, 3.05) is 18.6 Å². The number of hydrogen-bond donors (Lipinski definition) is 0. The van der Waals surface area contributed by atoms with Gasteiger partial charge in [-0.1, -0.05) is 0 Å². The Balaban J connectivity index is 2.36. The molecule has 2 heterocycles. The Morgan fingerprint density at radius 3 is 2.94 bits per heavy atom. The number of aromatic nitrogens is 2. The second-order valence-electron chi connectivity index (χ2n) is 4.15. The number of rotatable bonds is 3. The number of hydrogen-bond acceptors (Lipinski definition) is 6. The van der Waals surface area contributed by atoms with Crippen LogP contribution < -0.4 is 4.90 Å². The van der Waals surface area contributed by atoms with Crippen LogP contribution in [0.15, 0.2) is 6.20 Å². The highest BCUT2D eigenvalue weighted by Gasteiger charge is 2.32. The fourth-order valence-electron chi connectivity index (χ4n) is 2.12. The Labute approximate surface area is 109 Å². The number of likely N-dealkylation sites (N-methyl/N-ethyl adjacent to an activating group) is 1. The van der Waals surface area contributed by atoms with Crippen molar-refractivity contribution in [1.29, 1.82) is 0 Å². The summed E-state index contributed by atoms with van der Waals surface area (Å²) in [6.45, 7) is 2.57. The van der Waals surface area contributed by atoms with Crippen molar-refractivity contribution in [2.45, 2.75) is 25.5 Å². The van der Waals surface area contributed by atoms with E-state index in [4.69, 9.17) is 16.3 Å². The molecular formula is C10H13ClN4O3. The van der Waals surface area contributed by atoms with Crippen LogP contribution in [0, 0.1) is 10.1 Å². The molecule has 2 unspecified atom stereocenters. The summed E-state index contributed by atoms with van der Waals surface area (Å²) in [5.74, 6) is 0.224. The molecule has 2 atom stereocenters. The Morgan fingerprint density at radius 2 is 2.39 bits per heavy atom. The van der Waals surface area contributed by atoms with Crippen LogP contribution in [0.4, 0.5) is 11.5 Å². The van der Waals surface area contributed by atoms with E-state index in [1.165, 1.54) is 0 Å². The molecule has 0 spiro atoms. The third kappa shape index (κ3) is 2.37. The van der Waals surface area contributed by atoms with E-state index in [9.17, 15) is 10.1 Å². The van der Waals surface area contributed by atoms with Crippen molar-refractivity contribution < 1.29 is 9.66 Å². The van der Waals surface area contributed by atoms with E-state index in [1.807, 2.05) is 6.92 Å². The Hall–Kier alpha value is -1.47. The van der Waals surface area contributed by atoms with Crippen LogP contribution in [0.2, 0.25) is 5.28 Å². The monoisotopic (exact) mass is 272 g/mol. The summed E-state index contributed by atoms with van der Waals surface area (Å²) in [4.78, 5) is 19.8. The number of nitrogens with zero attached hydrogens (tertiary/aromatic N) is 4. The zero-order chi connectivity index (χ0) is 13.3. The Bertz CT molecular complexity index is 470. The van der Waals surface area contributed by atoms with E-state index in [0.717, 1.165) is 12.6 Å². The summed E-state index contributed by atoms with van der Waals surface area (Å²) in [5.41, 5.74) is -0.152. The van der Waals surface area contributed by atoms with Gasteiger partial charge < -0.3 is 9.64 Å². The molecule has 2 rings (SSSR count). The van der Waals surface area contributed by atoms with Crippen LogP contribution >= 0.6 is 11.6 Å². The fourth-order valence-corrected chi connectivity index (χ4v) is 2.25. The number of halogens is 1. The molecule has 0 N–H and O–H groups in total. The molecule has 1 aliphatic heterocycles. The largest absolute Gasteiger partial charge is 0.376 e. The lowest BCUT2D eigenvalue weighted by Gasteiger charge is -2.27. The van der Waals surface area contributed by atoms with E-state index in [1.54, 1.807) is 11.9 Å². The van der Waals surface area contributed by atoms with Gasteiger partial charge in [-0.05, 0) is 24.9 Å². The maximum absolute atomic E-state index is 11.0. The fraction of sp³-hybridized carbons (Fsp3) is 0.600. The van der Waals surface area contributed by atoms with Crippen molar-refractivity contribution in [1.82, 2.24) is 9.97 Å². The molecule has 1 fully saturated rings. The summed E-state index contributed by atoms with van der Waals surface area (Å²) in [6, 6.07) is 0.0506. The van der Waals surface area contributed by atoms with Crippen molar-refractivity contribution >= 4 is 23.1 Å². The molecule has 0 amide bonds. The molecule has 0 aliphatic carbocycles. The topological polar surface area (TPSA) is 81.4 Å². The molecule has 1 aliphatic rings. The van der Waals surface area contributed by atoms with E-state index < -0.39 is 4.92 Å². The van der Waals surface area contributed by atoms with Gasteiger partial charge in [-0.15, -0.1) is 0 Å². The molecular weight excluding hydrogens is 260 g/mol. The maximum Gasteiger partial charge on any atom is 0.329 e. The lowest BCUT2D eigenvalue weighted by atomic mass is 10.1. The van der Waals surface area contributed by atoms with Crippen molar-refractivity contribution in [3.8, 4) is 0 Å². The molecule has 1 aromatic rings. The van der Waals surface area contributed by atoms with Crippen LogP contribution in [0.1, 0.15) is 13.3 Å². The zero-order valence-corrected chi connectivity index (χ0v) is 10.8. The van der Waals surface area contributed by atoms with Gasteiger partial charge in [-0.2, -0.15) is 4.98 Å². The highest BCUT2D eigenvalue weighted by atomic mass is 35.5. The van der Waals surface area contributed by atoms with E-state index in [2.05, 4.69) is 9.97 Å². The summed E-state index contributed by atoms with van der Waals surface area (Å²) >= 11 is 5.71. The predicted molar refractivity (Wildman–Crippen MR) is 65.9 cm³/mol. The van der Waals surface area contributed by atoms with E-state index in [-0.39, 0.29) is 28.9 Å². The first-order valence-corrected chi connectivity index (χ1v) is 5.90. The lowest BCUT2D eigenvalue weighted by Crippen LogP contribution is -2.37. The van der Waals surface area contributed by atoms with Gasteiger partial charge in [0.05, 0.1) is 17.1 Å². The summed E-state index contributed by atoms with van der Waals surface area (Å²) in [5, 5.41) is 11.0. The molecule has 0 saturated carbocycles. The van der Waals surface area contributed by atoms with Gasteiger partial charge in [0.25, 0.3) is 0 Å². The highest BCUT2D eigenvalue weighted by Crippen LogP contribution is 2.30. The number of anilines is 1. The third-order valence-corrected chi connectivity index (χ3v) is 3.27. The average molecular weight is 273 g/mol. The van der Waals surface area contributed by atoms with Gasteiger partial charge >= 0.3 is 5.69 Å². The van der Waals surface area contributed by atoms with Gasteiger partial charge in [0.1, 0.15) is 6.20 Å². The first kappa shape index (κ1) is 13.0. The average Bonchev–Trinajstić information content (AvgIpc) is 2.74.